The molecule has 2 aromatic rings. The molecule has 0 amide bonds. The molecule has 0 aliphatic carbocycles. The average Bonchev–Trinajstić information content (AvgIpc) is 2.41. The number of carbonyl (C=O) groups is 1. The van der Waals surface area contributed by atoms with Gasteiger partial charge in [-0.3, -0.25) is 4.79 Å². The predicted octanol–water partition coefficient (Wildman–Crippen LogP) is 4.27. The van der Waals surface area contributed by atoms with E-state index in [2.05, 4.69) is 0 Å². The number of benzene rings is 2. The molecule has 0 radical (unpaired) electrons. The Labute approximate surface area is 112 Å². The van der Waals surface area contributed by atoms with Crippen molar-refractivity contribution in [3.05, 3.63) is 71.0 Å². The van der Waals surface area contributed by atoms with Crippen molar-refractivity contribution in [1.82, 2.24) is 0 Å². The van der Waals surface area contributed by atoms with Crippen LogP contribution in [-0.4, -0.2) is 5.78 Å². The average molecular weight is 285 g/mol. The van der Waals surface area contributed by atoms with E-state index in [1.807, 2.05) is 0 Å². The summed E-state index contributed by atoms with van der Waals surface area (Å²) in [5.41, 5.74) is -0.110. The van der Waals surface area contributed by atoms with Crippen LogP contribution in [-0.2, 0) is 0 Å². The summed E-state index contributed by atoms with van der Waals surface area (Å²) in [6.45, 7) is 0. The predicted molar refractivity (Wildman–Crippen MR) is 65.7 cm³/mol. The lowest BCUT2D eigenvalue weighted by molar-refractivity contribution is 0.0982. The minimum atomic E-state index is -1.20. The Kier molecular flexibility index (Phi) is 3.90. The molecule has 1 atom stereocenters. The van der Waals surface area contributed by atoms with Gasteiger partial charge in [0, 0.05) is 0 Å². The molecule has 2 rings (SSSR count). The molecule has 19 heavy (non-hydrogen) atoms. The minimum Gasteiger partial charge on any atom is -0.292 e. The Morgan fingerprint density at radius 2 is 1.53 bits per heavy atom. The van der Waals surface area contributed by atoms with E-state index in [-0.39, 0.29) is 0 Å². The molecule has 0 aliphatic rings. The van der Waals surface area contributed by atoms with Crippen molar-refractivity contribution in [3.63, 3.8) is 0 Å². The molecule has 0 fully saturated rings. The van der Waals surface area contributed by atoms with Crippen LogP contribution in [0, 0.1) is 17.5 Å². The van der Waals surface area contributed by atoms with E-state index >= 15 is 0 Å². The molecular weight excluding hydrogens is 277 g/mol. The van der Waals surface area contributed by atoms with Gasteiger partial charge in [0.05, 0.1) is 5.56 Å². The third-order valence-corrected chi connectivity index (χ3v) is 3.04. The smallest absolute Gasteiger partial charge is 0.188 e. The monoisotopic (exact) mass is 284 g/mol. The van der Waals surface area contributed by atoms with Crippen LogP contribution in [0.15, 0.2) is 42.5 Å². The van der Waals surface area contributed by atoms with Gasteiger partial charge in [-0.05, 0) is 35.9 Å². The third kappa shape index (κ3) is 2.96. The second-order valence-corrected chi connectivity index (χ2v) is 4.34. The third-order valence-electron chi connectivity index (χ3n) is 2.59. The van der Waals surface area contributed by atoms with Crippen LogP contribution in [0.1, 0.15) is 21.3 Å². The van der Waals surface area contributed by atoms with Gasteiger partial charge in [-0.2, -0.15) is 0 Å². The van der Waals surface area contributed by atoms with Crippen LogP contribution < -0.4 is 0 Å². The number of carbonyl (C=O) groups excluding carboxylic acids is 1. The number of ketones is 1. The van der Waals surface area contributed by atoms with E-state index in [1.54, 1.807) is 0 Å². The first-order valence-corrected chi connectivity index (χ1v) is 5.81. The Hall–Kier alpha value is -1.81. The van der Waals surface area contributed by atoms with E-state index in [9.17, 15) is 18.0 Å². The van der Waals surface area contributed by atoms with Gasteiger partial charge in [0.25, 0.3) is 0 Å². The largest absolute Gasteiger partial charge is 0.292 e. The fraction of sp³-hybridized carbons (Fsp3) is 0.0714. The van der Waals surface area contributed by atoms with Gasteiger partial charge in [-0.25, -0.2) is 13.2 Å². The number of rotatable bonds is 3. The SMILES string of the molecule is O=C(c1cc(F)ccc1F)C(Cl)c1ccc(F)cc1. The lowest BCUT2D eigenvalue weighted by atomic mass is 10.0. The van der Waals surface area contributed by atoms with Gasteiger partial charge >= 0.3 is 0 Å². The zero-order chi connectivity index (χ0) is 14.0. The summed E-state index contributed by atoms with van der Waals surface area (Å²) < 4.78 is 39.2. The minimum absolute atomic E-state index is 0.316. The summed E-state index contributed by atoms with van der Waals surface area (Å²) >= 11 is 5.91. The zero-order valence-electron chi connectivity index (χ0n) is 9.54. The number of halogens is 4. The fourth-order valence-electron chi connectivity index (χ4n) is 1.61. The first-order valence-electron chi connectivity index (χ1n) is 5.38. The molecule has 0 bridgehead atoms. The molecule has 0 saturated heterocycles. The number of alkyl halides is 1. The maximum absolute atomic E-state index is 13.5. The van der Waals surface area contributed by atoms with E-state index in [1.165, 1.54) is 12.1 Å². The highest BCUT2D eigenvalue weighted by atomic mass is 35.5. The Bertz CT molecular complexity index is 611. The molecule has 1 unspecified atom stereocenters. The van der Waals surface area contributed by atoms with Crippen molar-refractivity contribution >= 4 is 17.4 Å². The molecule has 0 N–H and O–H groups in total. The lowest BCUT2D eigenvalue weighted by Gasteiger charge is -2.09. The Balaban J connectivity index is 2.33. The van der Waals surface area contributed by atoms with E-state index in [0.717, 1.165) is 30.3 Å². The number of Topliss-reactive ketones (excluding diaryl/α,β-unsaturated/α-hetero) is 1. The number of hydrogen-bond donors (Lipinski definition) is 0. The molecule has 5 heteroatoms. The highest BCUT2D eigenvalue weighted by molar-refractivity contribution is 6.33. The van der Waals surface area contributed by atoms with Crippen molar-refractivity contribution in [1.29, 1.82) is 0 Å². The molecule has 0 spiro atoms. The maximum atomic E-state index is 13.5. The Morgan fingerprint density at radius 1 is 0.947 bits per heavy atom. The maximum Gasteiger partial charge on any atom is 0.188 e. The molecule has 1 nitrogen and oxygen atoms in total. The summed E-state index contributed by atoms with van der Waals surface area (Å²) in [5.74, 6) is -2.82. The molecule has 0 aromatic heterocycles. The van der Waals surface area contributed by atoms with Gasteiger partial charge in [-0.15, -0.1) is 11.6 Å². The van der Waals surface area contributed by atoms with Crippen LogP contribution in [0.5, 0.6) is 0 Å². The van der Waals surface area contributed by atoms with E-state index < -0.39 is 34.2 Å². The first-order chi connectivity index (χ1) is 8.99. The van der Waals surface area contributed by atoms with Crippen molar-refractivity contribution in [2.24, 2.45) is 0 Å². The molecule has 0 saturated carbocycles. The van der Waals surface area contributed by atoms with E-state index in [0.29, 0.717) is 5.56 Å². The summed E-state index contributed by atoms with van der Waals surface area (Å²) in [6.07, 6.45) is 0. The van der Waals surface area contributed by atoms with Crippen molar-refractivity contribution in [2.75, 3.05) is 0 Å². The van der Waals surface area contributed by atoms with Crippen molar-refractivity contribution in [3.8, 4) is 0 Å². The summed E-state index contributed by atoms with van der Waals surface area (Å²) in [4.78, 5) is 12.0. The van der Waals surface area contributed by atoms with Gasteiger partial charge in [0.15, 0.2) is 5.78 Å². The summed E-state index contributed by atoms with van der Waals surface area (Å²) in [6, 6.07) is 7.48. The molecule has 2 aromatic carbocycles. The van der Waals surface area contributed by atoms with Crippen molar-refractivity contribution in [2.45, 2.75) is 5.38 Å². The van der Waals surface area contributed by atoms with Gasteiger partial charge in [0.2, 0.25) is 0 Å². The van der Waals surface area contributed by atoms with Crippen LogP contribution >= 0.6 is 11.6 Å². The lowest BCUT2D eigenvalue weighted by Crippen LogP contribution is -2.10. The van der Waals surface area contributed by atoms with Crippen LogP contribution in [0.25, 0.3) is 0 Å². The standard InChI is InChI=1S/C14H8ClF3O/c15-13(8-1-3-9(16)4-2-8)14(19)11-7-10(17)5-6-12(11)18/h1-7,13H. The topological polar surface area (TPSA) is 17.1 Å². The molecule has 98 valence electrons. The second kappa shape index (κ2) is 5.45. The zero-order valence-corrected chi connectivity index (χ0v) is 10.3. The van der Waals surface area contributed by atoms with Crippen LogP contribution in [0.4, 0.5) is 13.2 Å². The van der Waals surface area contributed by atoms with Crippen LogP contribution in [0.2, 0.25) is 0 Å². The molecule has 0 aliphatic heterocycles. The first kappa shape index (κ1) is 13.6. The van der Waals surface area contributed by atoms with Crippen LogP contribution in [0.3, 0.4) is 0 Å². The normalized spacial score (nSPS) is 12.2. The summed E-state index contributed by atoms with van der Waals surface area (Å²) in [5, 5.41) is -1.20. The molecule has 0 heterocycles. The number of hydrogen-bond acceptors (Lipinski definition) is 1. The van der Waals surface area contributed by atoms with Crippen molar-refractivity contribution < 1.29 is 18.0 Å². The second-order valence-electron chi connectivity index (χ2n) is 3.90. The highest BCUT2D eigenvalue weighted by Gasteiger charge is 2.22. The van der Waals surface area contributed by atoms with E-state index in [4.69, 9.17) is 11.6 Å². The Morgan fingerprint density at radius 3 is 2.16 bits per heavy atom. The van der Waals surface area contributed by atoms with Gasteiger partial charge < -0.3 is 0 Å². The quantitative estimate of drug-likeness (QED) is 0.608. The molecular formula is C14H8ClF3O. The highest BCUT2D eigenvalue weighted by Crippen LogP contribution is 2.26. The van der Waals surface area contributed by atoms with Gasteiger partial charge in [-0.1, -0.05) is 12.1 Å². The fourth-order valence-corrected chi connectivity index (χ4v) is 1.87. The summed E-state index contributed by atoms with van der Waals surface area (Å²) in [7, 11) is 0. The van der Waals surface area contributed by atoms with Gasteiger partial charge in [0.1, 0.15) is 22.8 Å².